The third-order valence-electron chi connectivity index (χ3n) is 3.58. The van der Waals surface area contributed by atoms with E-state index in [9.17, 15) is 4.79 Å². The number of pyridine rings is 1. The summed E-state index contributed by atoms with van der Waals surface area (Å²) in [5.74, 6) is 1.03. The smallest absolute Gasteiger partial charge is 0.227 e. The summed E-state index contributed by atoms with van der Waals surface area (Å²) in [5, 5.41) is 0. The molecule has 1 aliphatic rings. The van der Waals surface area contributed by atoms with Gasteiger partial charge < -0.3 is 9.80 Å². The zero-order chi connectivity index (χ0) is 14.5. The van der Waals surface area contributed by atoms with Crippen LogP contribution in [-0.4, -0.2) is 51.9 Å². The zero-order valence-electron chi connectivity index (χ0n) is 11.7. The molecule has 0 saturated carbocycles. The molecule has 21 heavy (non-hydrogen) atoms. The van der Waals surface area contributed by atoms with E-state index in [1.54, 1.807) is 31.0 Å². The van der Waals surface area contributed by atoms with E-state index in [-0.39, 0.29) is 5.91 Å². The van der Waals surface area contributed by atoms with Crippen molar-refractivity contribution in [3.8, 4) is 0 Å². The van der Waals surface area contributed by atoms with Gasteiger partial charge in [-0.05, 0) is 11.6 Å². The topological polar surface area (TPSA) is 62.2 Å². The summed E-state index contributed by atoms with van der Waals surface area (Å²) in [6.07, 6.45) is 8.99. The fourth-order valence-corrected chi connectivity index (χ4v) is 2.43. The van der Waals surface area contributed by atoms with E-state index in [2.05, 4.69) is 19.9 Å². The molecule has 0 aliphatic carbocycles. The maximum Gasteiger partial charge on any atom is 0.227 e. The number of carbonyl (C=O) groups is 1. The Morgan fingerprint density at radius 2 is 1.86 bits per heavy atom. The summed E-state index contributed by atoms with van der Waals surface area (Å²) in [4.78, 5) is 28.7. The molecular weight excluding hydrogens is 266 g/mol. The van der Waals surface area contributed by atoms with Crippen LogP contribution in [-0.2, 0) is 11.2 Å². The van der Waals surface area contributed by atoms with Gasteiger partial charge in [0.25, 0.3) is 0 Å². The van der Waals surface area contributed by atoms with E-state index in [1.807, 2.05) is 17.0 Å². The molecule has 0 unspecified atom stereocenters. The van der Waals surface area contributed by atoms with Gasteiger partial charge >= 0.3 is 0 Å². The van der Waals surface area contributed by atoms with Gasteiger partial charge in [-0.3, -0.25) is 14.8 Å². The van der Waals surface area contributed by atoms with Crippen molar-refractivity contribution in [3.05, 3.63) is 48.7 Å². The second kappa shape index (κ2) is 6.30. The maximum absolute atomic E-state index is 12.3. The average Bonchev–Trinajstić information content (AvgIpc) is 2.57. The first kappa shape index (κ1) is 13.5. The summed E-state index contributed by atoms with van der Waals surface area (Å²) in [5.41, 5.74) is 0.957. The Bertz CT molecular complexity index is 582. The highest BCUT2D eigenvalue weighted by atomic mass is 16.2. The predicted octanol–water partition coefficient (Wildman–Crippen LogP) is 0.763. The first-order chi connectivity index (χ1) is 10.3. The van der Waals surface area contributed by atoms with Gasteiger partial charge in [-0.25, -0.2) is 4.98 Å². The Morgan fingerprint density at radius 1 is 1.05 bits per heavy atom. The third-order valence-corrected chi connectivity index (χ3v) is 3.58. The van der Waals surface area contributed by atoms with Crippen molar-refractivity contribution in [1.29, 1.82) is 0 Å². The lowest BCUT2D eigenvalue weighted by molar-refractivity contribution is -0.130. The van der Waals surface area contributed by atoms with Crippen LogP contribution in [0.3, 0.4) is 0 Å². The van der Waals surface area contributed by atoms with Gasteiger partial charge in [0.15, 0.2) is 0 Å². The number of amides is 1. The fourth-order valence-electron chi connectivity index (χ4n) is 2.43. The molecule has 0 radical (unpaired) electrons. The van der Waals surface area contributed by atoms with Crippen LogP contribution in [0, 0.1) is 0 Å². The Kier molecular flexibility index (Phi) is 4.04. The van der Waals surface area contributed by atoms with E-state index in [1.165, 1.54) is 0 Å². The Labute approximate surface area is 123 Å². The molecule has 1 amide bonds. The molecule has 0 aromatic carbocycles. The molecule has 2 aromatic heterocycles. The largest absolute Gasteiger partial charge is 0.352 e. The summed E-state index contributed by atoms with van der Waals surface area (Å²) in [6.45, 7) is 3.01. The second-order valence-electron chi connectivity index (χ2n) is 4.97. The lowest BCUT2D eigenvalue weighted by Gasteiger charge is -2.35. The summed E-state index contributed by atoms with van der Waals surface area (Å²) in [6, 6.07) is 3.79. The van der Waals surface area contributed by atoms with Crippen molar-refractivity contribution in [2.24, 2.45) is 0 Å². The van der Waals surface area contributed by atoms with E-state index in [4.69, 9.17) is 0 Å². The highest BCUT2D eigenvalue weighted by molar-refractivity contribution is 5.79. The summed E-state index contributed by atoms with van der Waals surface area (Å²) < 4.78 is 0. The lowest BCUT2D eigenvalue weighted by Crippen LogP contribution is -2.49. The molecular formula is C15H17N5O. The van der Waals surface area contributed by atoms with E-state index < -0.39 is 0 Å². The van der Waals surface area contributed by atoms with Crippen LogP contribution in [0.1, 0.15) is 5.56 Å². The molecule has 0 bridgehead atoms. The van der Waals surface area contributed by atoms with Crippen molar-refractivity contribution in [2.75, 3.05) is 31.1 Å². The Balaban J connectivity index is 1.55. The molecule has 108 valence electrons. The van der Waals surface area contributed by atoms with Crippen molar-refractivity contribution < 1.29 is 4.79 Å². The number of rotatable bonds is 3. The number of piperazine rings is 1. The minimum atomic E-state index is 0.154. The molecule has 2 aromatic rings. The van der Waals surface area contributed by atoms with Crippen molar-refractivity contribution >= 4 is 11.7 Å². The van der Waals surface area contributed by atoms with Crippen LogP contribution < -0.4 is 4.90 Å². The van der Waals surface area contributed by atoms with Crippen LogP contribution in [0.4, 0.5) is 5.82 Å². The molecule has 1 saturated heterocycles. The van der Waals surface area contributed by atoms with Gasteiger partial charge in [-0.15, -0.1) is 0 Å². The molecule has 6 nitrogen and oxygen atoms in total. The van der Waals surface area contributed by atoms with Crippen LogP contribution >= 0.6 is 0 Å². The monoisotopic (exact) mass is 283 g/mol. The van der Waals surface area contributed by atoms with E-state index in [0.29, 0.717) is 6.42 Å². The molecule has 3 rings (SSSR count). The average molecular weight is 283 g/mol. The minimum Gasteiger partial charge on any atom is -0.352 e. The van der Waals surface area contributed by atoms with Crippen molar-refractivity contribution in [3.63, 3.8) is 0 Å². The summed E-state index contributed by atoms with van der Waals surface area (Å²) in [7, 11) is 0. The highest BCUT2D eigenvalue weighted by Crippen LogP contribution is 2.12. The van der Waals surface area contributed by atoms with E-state index >= 15 is 0 Å². The maximum atomic E-state index is 12.3. The van der Waals surface area contributed by atoms with Gasteiger partial charge in [0, 0.05) is 51.0 Å². The fraction of sp³-hybridized carbons (Fsp3) is 0.333. The van der Waals surface area contributed by atoms with Gasteiger partial charge in [0.2, 0.25) is 5.91 Å². The quantitative estimate of drug-likeness (QED) is 0.832. The molecule has 0 atom stereocenters. The SMILES string of the molecule is O=C(Cc1cccnc1)N1CCN(c2cnccn2)CC1. The van der Waals surface area contributed by atoms with Crippen molar-refractivity contribution in [2.45, 2.75) is 6.42 Å². The molecule has 1 aliphatic heterocycles. The molecule has 0 spiro atoms. The van der Waals surface area contributed by atoms with Gasteiger partial charge in [-0.2, -0.15) is 0 Å². The number of anilines is 1. The lowest BCUT2D eigenvalue weighted by atomic mass is 10.2. The first-order valence-electron chi connectivity index (χ1n) is 7.00. The third kappa shape index (κ3) is 3.34. The standard InChI is InChI=1S/C15H17N5O/c21-15(10-13-2-1-3-16-11-13)20-8-6-19(7-9-20)14-12-17-4-5-18-14/h1-5,11-12H,6-10H2. The zero-order valence-corrected chi connectivity index (χ0v) is 11.7. The second-order valence-corrected chi connectivity index (χ2v) is 4.97. The molecule has 3 heterocycles. The van der Waals surface area contributed by atoms with Gasteiger partial charge in [0.05, 0.1) is 12.6 Å². The van der Waals surface area contributed by atoms with Gasteiger partial charge in [-0.1, -0.05) is 6.07 Å². The number of hydrogen-bond donors (Lipinski definition) is 0. The van der Waals surface area contributed by atoms with Crippen molar-refractivity contribution in [1.82, 2.24) is 19.9 Å². The Hall–Kier alpha value is -2.50. The van der Waals surface area contributed by atoms with Crippen LogP contribution in [0.15, 0.2) is 43.1 Å². The van der Waals surface area contributed by atoms with Crippen LogP contribution in [0.25, 0.3) is 0 Å². The predicted molar refractivity (Wildman–Crippen MR) is 78.8 cm³/mol. The number of aromatic nitrogens is 3. The van der Waals surface area contributed by atoms with Crippen LogP contribution in [0.2, 0.25) is 0 Å². The van der Waals surface area contributed by atoms with Crippen LogP contribution in [0.5, 0.6) is 0 Å². The normalized spacial score (nSPS) is 15.0. The van der Waals surface area contributed by atoms with Gasteiger partial charge in [0.1, 0.15) is 5.82 Å². The highest BCUT2D eigenvalue weighted by Gasteiger charge is 2.21. The molecule has 1 fully saturated rings. The molecule has 6 heteroatoms. The first-order valence-corrected chi connectivity index (χ1v) is 7.00. The van der Waals surface area contributed by atoms with E-state index in [0.717, 1.165) is 37.6 Å². The number of hydrogen-bond acceptors (Lipinski definition) is 5. The molecule has 0 N–H and O–H groups in total. The number of nitrogens with zero attached hydrogens (tertiary/aromatic N) is 5. The Morgan fingerprint density at radius 3 is 2.52 bits per heavy atom. The summed E-state index contributed by atoms with van der Waals surface area (Å²) >= 11 is 0. The number of carbonyl (C=O) groups excluding carboxylic acids is 1. The minimum absolute atomic E-state index is 0.154.